The summed E-state index contributed by atoms with van der Waals surface area (Å²) in [6.45, 7) is 2.05. The van der Waals surface area contributed by atoms with E-state index in [1.54, 1.807) is 84.9 Å². The minimum atomic E-state index is -2.37. The number of carbonyl (C=O) groups is 6. The van der Waals surface area contributed by atoms with Crippen molar-refractivity contribution in [3.05, 3.63) is 96.6 Å². The van der Waals surface area contributed by atoms with Crippen molar-refractivity contribution in [3.8, 4) is 11.5 Å². The molecule has 0 aromatic heterocycles. The number of ether oxygens (including phenoxy) is 1. The maximum Gasteiger partial charge on any atom is 0.407 e. The van der Waals surface area contributed by atoms with E-state index in [1.807, 2.05) is 6.07 Å². The molecule has 13 N–H and O–H groups in total. The number of hydrogen-bond donors (Lipinski definition) is 10. The van der Waals surface area contributed by atoms with Crippen molar-refractivity contribution in [2.45, 2.75) is 95.5 Å². The van der Waals surface area contributed by atoms with Crippen LogP contribution in [0.3, 0.4) is 0 Å². The average molecular weight is 907 g/mol. The molecule has 3 aromatic carbocycles. The minimum Gasteiger partial charge on any atom is -0.445 e. The summed E-state index contributed by atoms with van der Waals surface area (Å²) < 4.78 is 17.5. The van der Waals surface area contributed by atoms with Crippen LogP contribution >= 0.6 is 8.38 Å². The number of unbranched alkanes of at least 4 members (excludes halogenated alkanes) is 2. The molecule has 3 aromatic rings. The first-order chi connectivity index (χ1) is 30.9. The molecule has 0 radical (unpaired) electrons. The molecule has 0 heterocycles. The summed E-state index contributed by atoms with van der Waals surface area (Å²) in [5, 5.41) is 23.7. The molecule has 3 rings (SSSR count). The third-order valence-corrected chi connectivity index (χ3v) is 10.8. The van der Waals surface area contributed by atoms with E-state index in [1.165, 1.54) is 6.92 Å². The van der Waals surface area contributed by atoms with Crippen molar-refractivity contribution in [2.75, 3.05) is 26.2 Å². The standard InChI is InChI=1S/C44H63N10O9P/c1-31(55)51-35(22-11-13-26-45)39(56)53-37(25-29-50-44(60)61-30-32-16-5-2-6-17-32)41(58)52-36(23-12-14-27-46)40(57)54-38(24-15-28-49-43(47)48)42(59)64(62-33-18-7-3-8-19-33)63-34-20-9-4-10-21-34/h2-10,16-21,35-38H,11-15,22-30,45-46H2,1H3,(H,50,60)(H,51,55)(H,52,58)(H,53,56)(H,54,57)(H4,47,48,49)/t35-,36-,37-,38-/m0/s1. The Morgan fingerprint density at radius 1 is 0.578 bits per heavy atom. The highest BCUT2D eigenvalue weighted by molar-refractivity contribution is 7.67. The van der Waals surface area contributed by atoms with Crippen molar-refractivity contribution >= 4 is 49.6 Å². The number of para-hydroxylation sites is 2. The Bertz CT molecular complexity index is 1860. The Labute approximate surface area is 375 Å². The van der Waals surface area contributed by atoms with Crippen molar-refractivity contribution in [3.63, 3.8) is 0 Å². The largest absolute Gasteiger partial charge is 0.445 e. The van der Waals surface area contributed by atoms with Gasteiger partial charge in [-0.1, -0.05) is 66.7 Å². The van der Waals surface area contributed by atoms with Gasteiger partial charge in [0.2, 0.25) is 23.6 Å². The lowest BCUT2D eigenvalue weighted by molar-refractivity contribution is -0.134. The zero-order valence-corrected chi connectivity index (χ0v) is 37.1. The summed E-state index contributed by atoms with van der Waals surface area (Å²) in [5.74, 6) is -2.13. The molecule has 0 saturated carbocycles. The van der Waals surface area contributed by atoms with E-state index in [4.69, 9.17) is 36.4 Å². The second-order valence-electron chi connectivity index (χ2n) is 14.7. The van der Waals surface area contributed by atoms with Crippen LogP contribution in [0.5, 0.6) is 11.5 Å². The normalized spacial score (nSPS) is 12.6. The van der Waals surface area contributed by atoms with Crippen molar-refractivity contribution < 1.29 is 42.6 Å². The molecule has 0 fully saturated rings. The van der Waals surface area contributed by atoms with Gasteiger partial charge in [0.25, 0.3) is 5.52 Å². The Kier molecular flexibility index (Phi) is 24.3. The Balaban J connectivity index is 1.89. The highest BCUT2D eigenvalue weighted by Gasteiger charge is 2.36. The lowest BCUT2D eigenvalue weighted by atomic mass is 10.0. The maximum absolute atomic E-state index is 14.4. The monoisotopic (exact) mass is 906 g/mol. The van der Waals surface area contributed by atoms with Crippen LogP contribution in [-0.2, 0) is 35.3 Å². The van der Waals surface area contributed by atoms with Gasteiger partial charge in [-0.15, -0.1) is 0 Å². The zero-order chi connectivity index (χ0) is 46.5. The van der Waals surface area contributed by atoms with Gasteiger partial charge in [0.15, 0.2) is 5.96 Å². The van der Waals surface area contributed by atoms with E-state index in [-0.39, 0.29) is 57.8 Å². The van der Waals surface area contributed by atoms with Crippen LogP contribution in [0.1, 0.15) is 70.3 Å². The quantitative estimate of drug-likeness (QED) is 0.0200. The van der Waals surface area contributed by atoms with Crippen LogP contribution in [-0.4, -0.2) is 91.6 Å². The first-order valence-electron chi connectivity index (χ1n) is 21.3. The van der Waals surface area contributed by atoms with Gasteiger partial charge in [-0.05, 0) is 101 Å². The molecule has 5 amide bonds. The molecule has 0 aliphatic carbocycles. The Hall–Kier alpha value is -6.30. The van der Waals surface area contributed by atoms with Crippen molar-refractivity contribution in [1.82, 2.24) is 31.9 Å². The van der Waals surface area contributed by atoms with Gasteiger partial charge in [0.1, 0.15) is 36.2 Å². The molecule has 19 nitrogen and oxygen atoms in total. The third kappa shape index (κ3) is 20.7. The van der Waals surface area contributed by atoms with Crippen LogP contribution < -0.4 is 58.1 Å². The molecule has 20 heteroatoms. The van der Waals surface area contributed by atoms with Gasteiger partial charge in [0, 0.05) is 20.0 Å². The number of nitrogens with two attached hydrogens (primary N) is 3. The SMILES string of the molecule is CC(=O)N[C@@H](CCCCN)C(=O)N[C@@H](CCNC(=O)OCc1ccccc1)C(=O)N[C@@H](CCCCN)C(=O)N[C@@H](CCCNC(=N)N)C(=O)P(Oc1ccccc1)Oc1ccccc1. The van der Waals surface area contributed by atoms with Gasteiger partial charge in [0.05, 0.1) is 6.04 Å². The second kappa shape index (κ2) is 29.9. The molecular formula is C44H63N10O9P. The molecule has 0 spiro atoms. The summed E-state index contributed by atoms with van der Waals surface area (Å²) >= 11 is 0. The molecule has 0 aliphatic heterocycles. The summed E-state index contributed by atoms with van der Waals surface area (Å²) in [4.78, 5) is 81.3. The summed E-state index contributed by atoms with van der Waals surface area (Å²) in [6.07, 6.45) is 1.85. The number of nitrogens with one attached hydrogen (secondary N) is 7. The molecule has 348 valence electrons. The topological polar surface area (TPSA) is 304 Å². The fourth-order valence-electron chi connectivity index (χ4n) is 6.12. The summed E-state index contributed by atoms with van der Waals surface area (Å²) in [5.41, 5.74) is 17.1. The average Bonchev–Trinajstić information content (AvgIpc) is 3.28. The first kappa shape index (κ1) is 52.0. The van der Waals surface area contributed by atoms with Crippen molar-refractivity contribution in [1.29, 1.82) is 5.41 Å². The fourth-order valence-corrected chi connectivity index (χ4v) is 7.42. The highest BCUT2D eigenvalue weighted by Crippen LogP contribution is 2.42. The smallest absolute Gasteiger partial charge is 0.407 e. The Morgan fingerprint density at radius 2 is 1.03 bits per heavy atom. The number of guanidine groups is 1. The van der Waals surface area contributed by atoms with E-state index in [0.717, 1.165) is 5.56 Å². The van der Waals surface area contributed by atoms with Gasteiger partial charge in [-0.3, -0.25) is 29.4 Å². The van der Waals surface area contributed by atoms with Crippen LogP contribution in [0.25, 0.3) is 0 Å². The Morgan fingerprint density at radius 3 is 1.52 bits per heavy atom. The van der Waals surface area contributed by atoms with Gasteiger partial charge in [-0.2, -0.15) is 0 Å². The van der Waals surface area contributed by atoms with E-state index in [9.17, 15) is 28.8 Å². The van der Waals surface area contributed by atoms with E-state index in [0.29, 0.717) is 50.3 Å². The number of amides is 5. The highest BCUT2D eigenvalue weighted by atomic mass is 31.2. The van der Waals surface area contributed by atoms with Crippen molar-refractivity contribution in [2.24, 2.45) is 17.2 Å². The van der Waals surface area contributed by atoms with Gasteiger partial charge in [-0.25, -0.2) is 4.79 Å². The van der Waals surface area contributed by atoms with Crippen LogP contribution in [0.15, 0.2) is 91.0 Å². The number of carbonyl (C=O) groups excluding carboxylic acids is 6. The van der Waals surface area contributed by atoms with Gasteiger partial charge < -0.3 is 62.9 Å². The number of benzene rings is 3. The molecule has 0 unspecified atom stereocenters. The van der Waals surface area contributed by atoms with E-state index in [2.05, 4.69) is 31.9 Å². The fraction of sp³-hybridized carbons (Fsp3) is 0.432. The summed E-state index contributed by atoms with van der Waals surface area (Å²) in [6, 6.07) is 21.5. The molecular weight excluding hydrogens is 844 g/mol. The zero-order valence-electron chi connectivity index (χ0n) is 36.2. The van der Waals surface area contributed by atoms with Gasteiger partial charge >= 0.3 is 14.5 Å². The molecule has 0 saturated heterocycles. The van der Waals surface area contributed by atoms with Crippen LogP contribution in [0, 0.1) is 5.41 Å². The second-order valence-corrected chi connectivity index (χ2v) is 16.0. The maximum atomic E-state index is 14.4. The summed E-state index contributed by atoms with van der Waals surface area (Å²) in [7, 11) is -2.37. The molecule has 64 heavy (non-hydrogen) atoms. The predicted molar refractivity (Wildman–Crippen MR) is 244 cm³/mol. The van der Waals surface area contributed by atoms with E-state index >= 15 is 0 Å². The first-order valence-corrected chi connectivity index (χ1v) is 22.5. The lowest BCUT2D eigenvalue weighted by Crippen LogP contribution is -2.58. The number of rotatable bonds is 30. The number of hydrogen-bond acceptors (Lipinski definition) is 12. The molecule has 0 bridgehead atoms. The molecule has 0 aliphatic rings. The van der Waals surface area contributed by atoms with Crippen LogP contribution in [0.4, 0.5) is 4.79 Å². The molecule has 4 atom stereocenters. The minimum absolute atomic E-state index is 0.00349. The lowest BCUT2D eigenvalue weighted by Gasteiger charge is -2.27. The third-order valence-electron chi connectivity index (χ3n) is 9.41. The predicted octanol–water partition coefficient (Wildman–Crippen LogP) is 2.78. The number of alkyl carbamates (subject to hydrolysis) is 1. The van der Waals surface area contributed by atoms with E-state index < -0.39 is 67.8 Å². The van der Waals surface area contributed by atoms with Crippen LogP contribution in [0.2, 0.25) is 0 Å².